The second-order valence-corrected chi connectivity index (χ2v) is 4.30. The summed E-state index contributed by atoms with van der Waals surface area (Å²) >= 11 is 0. The van der Waals surface area contributed by atoms with Crippen LogP contribution in [0.15, 0.2) is 48.5 Å². The highest BCUT2D eigenvalue weighted by molar-refractivity contribution is 5.89. The molecule has 0 saturated heterocycles. The third-order valence-electron chi connectivity index (χ3n) is 2.87. The predicted molar refractivity (Wildman–Crippen MR) is 80.6 cm³/mol. The van der Waals surface area contributed by atoms with Gasteiger partial charge in [-0.1, -0.05) is 18.2 Å². The first kappa shape index (κ1) is 15.6. The van der Waals surface area contributed by atoms with E-state index in [1.54, 1.807) is 30.3 Å². The van der Waals surface area contributed by atoms with Crippen molar-refractivity contribution < 1.29 is 23.4 Å². The molecule has 0 N–H and O–H groups in total. The summed E-state index contributed by atoms with van der Waals surface area (Å²) in [4.78, 5) is 11.9. The summed E-state index contributed by atoms with van der Waals surface area (Å²) in [6.45, 7) is 0. The Morgan fingerprint density at radius 3 is 2.14 bits per heavy atom. The fourth-order valence-corrected chi connectivity index (χ4v) is 1.79. The van der Waals surface area contributed by atoms with Crippen LogP contribution in [0.3, 0.4) is 0 Å². The molecular weight excluding hydrogens is 287 g/mol. The van der Waals surface area contributed by atoms with Crippen molar-refractivity contribution in [1.29, 1.82) is 0 Å². The molecule has 0 radical (unpaired) electrons. The number of ether oxygens (including phenoxy) is 3. The molecule has 0 bridgehead atoms. The number of para-hydroxylation sites is 1. The van der Waals surface area contributed by atoms with Gasteiger partial charge < -0.3 is 14.2 Å². The molecule has 0 aliphatic rings. The molecule has 2 aromatic carbocycles. The number of rotatable bonds is 5. The van der Waals surface area contributed by atoms with Gasteiger partial charge in [-0.15, -0.1) is 0 Å². The Kier molecular flexibility index (Phi) is 5.14. The zero-order valence-electron chi connectivity index (χ0n) is 12.2. The fourth-order valence-electron chi connectivity index (χ4n) is 1.79. The highest BCUT2D eigenvalue weighted by atomic mass is 19.1. The number of carbonyl (C=O) groups is 1. The molecule has 22 heavy (non-hydrogen) atoms. The van der Waals surface area contributed by atoms with E-state index in [9.17, 15) is 9.18 Å². The summed E-state index contributed by atoms with van der Waals surface area (Å²) in [5.41, 5.74) is 0.686. The van der Waals surface area contributed by atoms with Gasteiger partial charge in [-0.25, -0.2) is 9.18 Å². The van der Waals surface area contributed by atoms with Crippen LogP contribution < -0.4 is 14.2 Å². The Labute approximate surface area is 127 Å². The van der Waals surface area contributed by atoms with Crippen LogP contribution in [0.4, 0.5) is 4.39 Å². The SMILES string of the molecule is COc1cccc(OC)c1OC(=O)/C=C/c1ccc(F)cc1. The van der Waals surface area contributed by atoms with Crippen molar-refractivity contribution in [3.8, 4) is 17.2 Å². The maximum absolute atomic E-state index is 12.8. The van der Waals surface area contributed by atoms with Gasteiger partial charge in [0.2, 0.25) is 5.75 Å². The lowest BCUT2D eigenvalue weighted by Gasteiger charge is -2.11. The van der Waals surface area contributed by atoms with Crippen LogP contribution in [0, 0.1) is 5.82 Å². The third kappa shape index (κ3) is 3.85. The Balaban J connectivity index is 2.13. The van der Waals surface area contributed by atoms with Crippen LogP contribution >= 0.6 is 0 Å². The van der Waals surface area contributed by atoms with Crippen molar-refractivity contribution in [1.82, 2.24) is 0 Å². The molecule has 0 spiro atoms. The first-order valence-electron chi connectivity index (χ1n) is 6.50. The zero-order valence-corrected chi connectivity index (χ0v) is 12.2. The molecule has 0 aromatic heterocycles. The second kappa shape index (κ2) is 7.26. The molecule has 0 amide bonds. The smallest absolute Gasteiger partial charge is 0.336 e. The van der Waals surface area contributed by atoms with Crippen molar-refractivity contribution in [3.63, 3.8) is 0 Å². The zero-order chi connectivity index (χ0) is 15.9. The molecule has 0 heterocycles. The van der Waals surface area contributed by atoms with Crippen LogP contribution in [-0.4, -0.2) is 20.2 Å². The van der Waals surface area contributed by atoms with Gasteiger partial charge in [-0.3, -0.25) is 0 Å². The van der Waals surface area contributed by atoms with Gasteiger partial charge in [-0.2, -0.15) is 0 Å². The topological polar surface area (TPSA) is 44.8 Å². The first-order chi connectivity index (χ1) is 10.6. The fraction of sp³-hybridized carbons (Fsp3) is 0.118. The number of carbonyl (C=O) groups excluding carboxylic acids is 1. The third-order valence-corrected chi connectivity index (χ3v) is 2.87. The maximum Gasteiger partial charge on any atom is 0.336 e. The van der Waals surface area contributed by atoms with Crippen molar-refractivity contribution >= 4 is 12.0 Å². The molecular formula is C17H15FO4. The average Bonchev–Trinajstić information content (AvgIpc) is 2.54. The average molecular weight is 302 g/mol. The van der Waals surface area contributed by atoms with E-state index in [-0.39, 0.29) is 11.6 Å². The van der Waals surface area contributed by atoms with Crippen LogP contribution in [0.25, 0.3) is 6.08 Å². The summed E-state index contributed by atoms with van der Waals surface area (Å²) in [5, 5.41) is 0. The number of hydrogen-bond acceptors (Lipinski definition) is 4. The van der Waals surface area contributed by atoms with Crippen LogP contribution in [0.5, 0.6) is 17.2 Å². The summed E-state index contributed by atoms with van der Waals surface area (Å²) in [7, 11) is 2.95. The minimum atomic E-state index is -0.591. The second-order valence-electron chi connectivity index (χ2n) is 4.30. The van der Waals surface area contributed by atoms with Gasteiger partial charge in [0.1, 0.15) is 5.82 Å². The van der Waals surface area contributed by atoms with Gasteiger partial charge in [0, 0.05) is 6.08 Å². The summed E-state index contributed by atoms with van der Waals surface area (Å²) in [6, 6.07) is 10.8. The molecule has 0 fully saturated rings. The molecule has 0 aliphatic carbocycles. The molecule has 5 heteroatoms. The van der Waals surface area contributed by atoms with E-state index in [0.29, 0.717) is 17.1 Å². The highest BCUT2D eigenvalue weighted by Crippen LogP contribution is 2.36. The Hall–Kier alpha value is -2.82. The molecule has 4 nitrogen and oxygen atoms in total. The largest absolute Gasteiger partial charge is 0.493 e. The summed E-state index contributed by atoms with van der Waals surface area (Å²) < 4.78 is 28.3. The van der Waals surface area contributed by atoms with Crippen LogP contribution in [0.2, 0.25) is 0 Å². The van der Waals surface area contributed by atoms with Crippen molar-refractivity contribution in [2.24, 2.45) is 0 Å². The van der Waals surface area contributed by atoms with Crippen LogP contribution in [-0.2, 0) is 4.79 Å². The van der Waals surface area contributed by atoms with Gasteiger partial charge in [0.25, 0.3) is 0 Å². The number of esters is 1. The molecule has 2 aromatic rings. The van der Waals surface area contributed by atoms with Crippen molar-refractivity contribution in [2.45, 2.75) is 0 Å². The molecule has 0 aliphatic heterocycles. The lowest BCUT2D eigenvalue weighted by atomic mass is 10.2. The Bertz CT molecular complexity index is 655. The number of benzene rings is 2. The van der Waals surface area contributed by atoms with E-state index >= 15 is 0 Å². The number of halogens is 1. The Morgan fingerprint density at radius 2 is 1.59 bits per heavy atom. The predicted octanol–water partition coefficient (Wildman–Crippen LogP) is 3.46. The molecule has 114 valence electrons. The number of hydrogen-bond donors (Lipinski definition) is 0. The minimum absolute atomic E-state index is 0.209. The van der Waals surface area contributed by atoms with Gasteiger partial charge in [-0.05, 0) is 35.9 Å². The molecule has 0 saturated carbocycles. The monoisotopic (exact) mass is 302 g/mol. The molecule has 0 atom stereocenters. The quantitative estimate of drug-likeness (QED) is 0.482. The van der Waals surface area contributed by atoms with Gasteiger partial charge >= 0.3 is 5.97 Å². The lowest BCUT2D eigenvalue weighted by Crippen LogP contribution is -2.06. The normalized spacial score (nSPS) is 10.5. The summed E-state index contributed by atoms with van der Waals surface area (Å²) in [6.07, 6.45) is 2.78. The van der Waals surface area contributed by atoms with E-state index in [1.807, 2.05) is 0 Å². The van der Waals surface area contributed by atoms with E-state index in [4.69, 9.17) is 14.2 Å². The lowest BCUT2D eigenvalue weighted by molar-refractivity contribution is -0.129. The number of methoxy groups -OCH3 is 2. The van der Waals surface area contributed by atoms with Crippen LogP contribution in [0.1, 0.15) is 5.56 Å². The van der Waals surface area contributed by atoms with E-state index in [2.05, 4.69) is 0 Å². The van der Waals surface area contributed by atoms with Crippen molar-refractivity contribution in [2.75, 3.05) is 14.2 Å². The Morgan fingerprint density at radius 1 is 1.00 bits per heavy atom. The van der Waals surface area contributed by atoms with E-state index < -0.39 is 5.97 Å². The summed E-state index contributed by atoms with van der Waals surface area (Å²) in [5.74, 6) is 0.0673. The maximum atomic E-state index is 12.8. The molecule has 0 unspecified atom stereocenters. The van der Waals surface area contributed by atoms with E-state index in [0.717, 1.165) is 0 Å². The standard InChI is InChI=1S/C17H15FO4/c1-20-14-4-3-5-15(21-2)17(14)22-16(19)11-8-12-6-9-13(18)10-7-12/h3-11H,1-2H3/b11-8+. The van der Waals surface area contributed by atoms with Gasteiger partial charge in [0.15, 0.2) is 11.5 Å². The minimum Gasteiger partial charge on any atom is -0.493 e. The highest BCUT2D eigenvalue weighted by Gasteiger charge is 2.13. The van der Waals surface area contributed by atoms with Crippen molar-refractivity contribution in [3.05, 3.63) is 59.9 Å². The first-order valence-corrected chi connectivity index (χ1v) is 6.50. The molecule has 2 rings (SSSR count). The van der Waals surface area contributed by atoms with Gasteiger partial charge in [0.05, 0.1) is 14.2 Å². The van der Waals surface area contributed by atoms with E-state index in [1.165, 1.54) is 38.5 Å².